The molecule has 0 saturated carbocycles. The molecule has 1 aromatic rings. The third kappa shape index (κ3) is 11.1. The number of hydrogen-bond acceptors (Lipinski definition) is 3. The Hall–Kier alpha value is -1.84. The molecule has 0 heterocycles. The minimum Gasteiger partial charge on any atom is -0.478 e. The van der Waals surface area contributed by atoms with Gasteiger partial charge in [-0.1, -0.05) is 90.7 Å². The highest BCUT2D eigenvalue weighted by molar-refractivity contribution is 6.02. The molecule has 1 unspecified atom stereocenters. The standard InChI is InChI=1S/C25H40O4/c1-4-5-16-21(17-12-10-8-6-7-9-11-15-20(2)3)29-25(28)23-19-14-13-18-22(23)24(26)27/h13-14,18-21H,4-12,15-17H2,1-3H3,(H,26,27). The average molecular weight is 405 g/mol. The second-order valence-electron chi connectivity index (χ2n) is 8.47. The quantitative estimate of drug-likeness (QED) is 0.232. The summed E-state index contributed by atoms with van der Waals surface area (Å²) in [5.41, 5.74) is 0.145. The van der Waals surface area contributed by atoms with Gasteiger partial charge < -0.3 is 9.84 Å². The van der Waals surface area contributed by atoms with E-state index in [1.807, 2.05) is 0 Å². The number of rotatable bonds is 16. The fourth-order valence-corrected chi connectivity index (χ4v) is 3.56. The number of unbranched alkanes of at least 4 members (excludes halogenated alkanes) is 7. The number of hydrogen-bond donors (Lipinski definition) is 1. The van der Waals surface area contributed by atoms with Gasteiger partial charge in [-0.3, -0.25) is 0 Å². The molecular formula is C25H40O4. The Balaban J connectivity index is 2.39. The number of esters is 1. The first-order valence-electron chi connectivity index (χ1n) is 11.5. The first-order valence-corrected chi connectivity index (χ1v) is 11.5. The minimum atomic E-state index is -1.10. The van der Waals surface area contributed by atoms with Gasteiger partial charge in [0.2, 0.25) is 0 Å². The van der Waals surface area contributed by atoms with Crippen molar-refractivity contribution in [3.05, 3.63) is 35.4 Å². The fourth-order valence-electron chi connectivity index (χ4n) is 3.56. The second kappa shape index (κ2) is 15.1. The maximum absolute atomic E-state index is 12.5. The molecule has 0 aliphatic carbocycles. The summed E-state index contributed by atoms with van der Waals surface area (Å²) in [6, 6.07) is 6.27. The van der Waals surface area contributed by atoms with Gasteiger partial charge in [0, 0.05) is 0 Å². The fraction of sp³-hybridized carbons (Fsp3) is 0.680. The van der Waals surface area contributed by atoms with Crippen molar-refractivity contribution >= 4 is 11.9 Å². The predicted molar refractivity (Wildman–Crippen MR) is 119 cm³/mol. The molecule has 1 N–H and O–H groups in total. The summed E-state index contributed by atoms with van der Waals surface area (Å²) >= 11 is 0. The molecule has 1 rings (SSSR count). The highest BCUT2D eigenvalue weighted by Gasteiger charge is 2.20. The van der Waals surface area contributed by atoms with Crippen LogP contribution in [0, 0.1) is 5.92 Å². The molecule has 0 spiro atoms. The van der Waals surface area contributed by atoms with E-state index in [0.29, 0.717) is 0 Å². The molecule has 1 aromatic carbocycles. The Morgan fingerprint density at radius 3 is 1.90 bits per heavy atom. The molecule has 4 nitrogen and oxygen atoms in total. The third-order valence-corrected chi connectivity index (χ3v) is 5.34. The highest BCUT2D eigenvalue weighted by Crippen LogP contribution is 2.19. The van der Waals surface area contributed by atoms with Crippen LogP contribution in [0.25, 0.3) is 0 Å². The summed E-state index contributed by atoms with van der Waals surface area (Å²) in [7, 11) is 0. The van der Waals surface area contributed by atoms with Gasteiger partial charge in [-0.2, -0.15) is 0 Å². The van der Waals surface area contributed by atoms with Gasteiger partial charge in [0.15, 0.2) is 0 Å². The van der Waals surface area contributed by atoms with Gasteiger partial charge in [0.1, 0.15) is 6.10 Å². The molecule has 4 heteroatoms. The summed E-state index contributed by atoms with van der Waals surface area (Å²) in [6.07, 6.45) is 13.7. The zero-order valence-corrected chi connectivity index (χ0v) is 18.6. The number of carbonyl (C=O) groups excluding carboxylic acids is 1. The van der Waals surface area contributed by atoms with Gasteiger partial charge >= 0.3 is 11.9 Å². The summed E-state index contributed by atoms with van der Waals surface area (Å²) < 4.78 is 5.71. The van der Waals surface area contributed by atoms with Crippen LogP contribution in [0.3, 0.4) is 0 Å². The van der Waals surface area contributed by atoms with E-state index in [9.17, 15) is 14.7 Å². The van der Waals surface area contributed by atoms with Gasteiger partial charge in [-0.05, 0) is 37.3 Å². The van der Waals surface area contributed by atoms with E-state index in [4.69, 9.17) is 4.74 Å². The van der Waals surface area contributed by atoms with Crippen LogP contribution in [-0.4, -0.2) is 23.1 Å². The molecule has 29 heavy (non-hydrogen) atoms. The van der Waals surface area contributed by atoms with Crippen molar-refractivity contribution in [1.29, 1.82) is 0 Å². The van der Waals surface area contributed by atoms with E-state index in [0.717, 1.165) is 44.4 Å². The second-order valence-corrected chi connectivity index (χ2v) is 8.47. The number of ether oxygens (including phenoxy) is 1. The van der Waals surface area contributed by atoms with Crippen LogP contribution < -0.4 is 0 Å². The van der Waals surface area contributed by atoms with Crippen molar-refractivity contribution in [1.82, 2.24) is 0 Å². The van der Waals surface area contributed by atoms with Gasteiger partial charge in [-0.25, -0.2) is 9.59 Å². The van der Waals surface area contributed by atoms with Crippen molar-refractivity contribution < 1.29 is 19.4 Å². The Morgan fingerprint density at radius 2 is 1.34 bits per heavy atom. The van der Waals surface area contributed by atoms with Crippen molar-refractivity contribution in [2.75, 3.05) is 0 Å². The van der Waals surface area contributed by atoms with Crippen LogP contribution in [0.1, 0.15) is 119 Å². The topological polar surface area (TPSA) is 63.6 Å². The van der Waals surface area contributed by atoms with Crippen molar-refractivity contribution in [3.63, 3.8) is 0 Å². The third-order valence-electron chi connectivity index (χ3n) is 5.34. The largest absolute Gasteiger partial charge is 0.478 e. The SMILES string of the molecule is CCCCC(CCCCCCCCCC(C)C)OC(=O)c1ccccc1C(=O)O. The molecule has 0 bridgehead atoms. The van der Waals surface area contributed by atoms with E-state index in [1.165, 1.54) is 50.7 Å². The predicted octanol–water partition coefficient (Wildman–Crippen LogP) is 7.27. The first-order chi connectivity index (χ1) is 14.0. The maximum Gasteiger partial charge on any atom is 0.339 e. The number of carboxylic acids is 1. The van der Waals surface area contributed by atoms with Crippen molar-refractivity contribution in [3.8, 4) is 0 Å². The minimum absolute atomic E-state index is 0.00390. The molecule has 1 atom stereocenters. The van der Waals surface area contributed by atoms with E-state index in [-0.39, 0.29) is 17.2 Å². The van der Waals surface area contributed by atoms with E-state index in [2.05, 4.69) is 20.8 Å². The van der Waals surface area contributed by atoms with Gasteiger partial charge in [0.05, 0.1) is 11.1 Å². The average Bonchev–Trinajstić information content (AvgIpc) is 2.70. The van der Waals surface area contributed by atoms with Gasteiger partial charge in [0.25, 0.3) is 0 Å². The molecule has 164 valence electrons. The first kappa shape index (κ1) is 25.2. The van der Waals surface area contributed by atoms with Crippen molar-refractivity contribution in [2.24, 2.45) is 5.92 Å². The van der Waals surface area contributed by atoms with E-state index in [1.54, 1.807) is 12.1 Å². The van der Waals surface area contributed by atoms with Crippen molar-refractivity contribution in [2.45, 2.75) is 104 Å². The molecule has 0 radical (unpaired) electrons. The number of carbonyl (C=O) groups is 2. The molecular weight excluding hydrogens is 364 g/mol. The van der Waals surface area contributed by atoms with E-state index >= 15 is 0 Å². The summed E-state index contributed by atoms with van der Waals surface area (Å²) in [4.78, 5) is 23.9. The maximum atomic E-state index is 12.5. The molecule has 0 aliphatic rings. The van der Waals surface area contributed by atoms with Crippen LogP contribution in [0.2, 0.25) is 0 Å². The van der Waals surface area contributed by atoms with Crippen LogP contribution >= 0.6 is 0 Å². The lowest BCUT2D eigenvalue weighted by atomic mass is 10.0. The lowest BCUT2D eigenvalue weighted by Gasteiger charge is -2.18. The molecule has 0 saturated heterocycles. The Bertz CT molecular complexity index is 594. The number of carboxylic acid groups (broad SMARTS) is 1. The zero-order valence-electron chi connectivity index (χ0n) is 18.6. The number of aromatic carboxylic acids is 1. The summed E-state index contributed by atoms with van der Waals surface area (Å²) in [5.74, 6) is -0.814. The normalized spacial score (nSPS) is 12.1. The summed E-state index contributed by atoms with van der Waals surface area (Å²) in [6.45, 7) is 6.68. The lowest BCUT2D eigenvalue weighted by molar-refractivity contribution is 0.0245. The molecule has 0 aromatic heterocycles. The zero-order chi connectivity index (χ0) is 21.5. The van der Waals surface area contributed by atoms with Crippen LogP contribution in [-0.2, 0) is 4.74 Å². The smallest absolute Gasteiger partial charge is 0.339 e. The van der Waals surface area contributed by atoms with Crippen LogP contribution in [0.15, 0.2) is 24.3 Å². The van der Waals surface area contributed by atoms with Crippen LogP contribution in [0.4, 0.5) is 0 Å². The Morgan fingerprint density at radius 1 is 0.828 bits per heavy atom. The monoisotopic (exact) mass is 404 g/mol. The highest BCUT2D eigenvalue weighted by atomic mass is 16.5. The van der Waals surface area contributed by atoms with Crippen LogP contribution in [0.5, 0.6) is 0 Å². The summed E-state index contributed by atoms with van der Waals surface area (Å²) in [5, 5.41) is 9.29. The Kier molecular flexibility index (Phi) is 13.1. The van der Waals surface area contributed by atoms with E-state index < -0.39 is 11.9 Å². The molecule has 0 amide bonds. The number of benzene rings is 1. The lowest BCUT2D eigenvalue weighted by Crippen LogP contribution is -2.20. The molecule has 0 aliphatic heterocycles. The Labute approximate surface area is 177 Å². The van der Waals surface area contributed by atoms with Gasteiger partial charge in [-0.15, -0.1) is 0 Å². The molecule has 0 fully saturated rings.